The first kappa shape index (κ1) is 39.9. The highest BCUT2D eigenvalue weighted by Gasteiger charge is 2.66. The lowest BCUT2D eigenvalue weighted by molar-refractivity contribution is -0.151. The molecular formula is C46H52ClN5O6Si. The third kappa shape index (κ3) is 6.59. The number of hydrogen-bond donors (Lipinski definition) is 3. The number of carbonyl (C=O) groups excluding carboxylic acids is 3. The molecule has 4 aromatic rings. The van der Waals surface area contributed by atoms with Gasteiger partial charge in [-0.2, -0.15) is 0 Å². The number of para-hydroxylation sites is 1. The van der Waals surface area contributed by atoms with E-state index in [9.17, 15) is 19.5 Å². The van der Waals surface area contributed by atoms with Crippen molar-refractivity contribution in [3.05, 3.63) is 124 Å². The van der Waals surface area contributed by atoms with Crippen molar-refractivity contribution in [3.63, 3.8) is 0 Å². The number of ether oxygens (including phenoxy) is 1. The van der Waals surface area contributed by atoms with Crippen LogP contribution in [0, 0.1) is 5.92 Å². The van der Waals surface area contributed by atoms with Crippen LogP contribution in [0.25, 0.3) is 0 Å². The Kier molecular flexibility index (Phi) is 10.2. The van der Waals surface area contributed by atoms with Gasteiger partial charge in [-0.1, -0.05) is 73.1 Å². The Bertz CT molecular complexity index is 2270. The van der Waals surface area contributed by atoms with Crippen molar-refractivity contribution in [2.45, 2.75) is 87.6 Å². The van der Waals surface area contributed by atoms with E-state index in [1.807, 2.05) is 97.7 Å². The van der Waals surface area contributed by atoms with Gasteiger partial charge in [0.2, 0.25) is 5.91 Å². The van der Waals surface area contributed by atoms with Crippen molar-refractivity contribution in [3.8, 4) is 0 Å². The summed E-state index contributed by atoms with van der Waals surface area (Å²) in [6, 6.07) is 31.0. The Morgan fingerprint density at radius 2 is 1.61 bits per heavy atom. The Morgan fingerprint density at radius 1 is 0.915 bits per heavy atom. The summed E-state index contributed by atoms with van der Waals surface area (Å²) >= 11 is 6.66. The molecule has 2 spiro atoms. The Labute approximate surface area is 351 Å². The maximum Gasteiger partial charge on any atom is 0.264 e. The molecule has 9 rings (SSSR count). The monoisotopic (exact) mass is 833 g/mol. The third-order valence-corrected chi connectivity index (χ3v) is 16.5. The molecule has 3 N–H and O–H groups in total. The molecule has 3 saturated heterocycles. The molecule has 4 aromatic carbocycles. The number of rotatable bonds is 8. The normalized spacial score (nSPS) is 26.3. The standard InChI is InChI=1S/C46H52ClN5O6Si/c1-30-42(59(2,3)57)40(25-41(54)49-27-33-10-8-7-9-32(33)23-37(49)28-53)58-46(30)38-24-34(47)15-18-39(38)50(44(46)56)26-31-13-16-35(17-14-31)51-29-52(36-11-5-4-6-12-36)45(43(51)55)19-21-48-22-20-45/h4-18,24,30,37,40,42,48,53,57H,19-23,25-29H2,1-3H3/t30-,37+,40+,42-,46+/m1/s1. The summed E-state index contributed by atoms with van der Waals surface area (Å²) in [5.41, 5.74) is 3.62. The number of benzene rings is 4. The number of amides is 3. The number of nitrogens with zero attached hydrogens (tertiary/aromatic N) is 4. The van der Waals surface area contributed by atoms with Crippen LogP contribution >= 0.6 is 11.6 Å². The number of aliphatic hydroxyl groups excluding tert-OH is 1. The highest BCUT2D eigenvalue weighted by Crippen LogP contribution is 2.60. The van der Waals surface area contributed by atoms with Gasteiger partial charge < -0.3 is 34.7 Å². The van der Waals surface area contributed by atoms with E-state index in [2.05, 4.69) is 22.3 Å². The number of hydrogen-bond acceptors (Lipinski definition) is 8. The number of halogens is 1. The van der Waals surface area contributed by atoms with E-state index >= 15 is 4.79 Å². The van der Waals surface area contributed by atoms with Crippen LogP contribution in [0.5, 0.6) is 0 Å². The second kappa shape index (κ2) is 15.2. The second-order valence-corrected chi connectivity index (χ2v) is 21.9. The van der Waals surface area contributed by atoms with Crippen LogP contribution < -0.4 is 20.0 Å². The van der Waals surface area contributed by atoms with Gasteiger partial charge in [0.15, 0.2) is 13.9 Å². The largest absolute Gasteiger partial charge is 0.432 e. The average molecular weight is 834 g/mol. The average Bonchev–Trinajstić information content (AvgIpc) is 3.78. The smallest absolute Gasteiger partial charge is 0.264 e. The van der Waals surface area contributed by atoms with E-state index in [0.717, 1.165) is 54.0 Å². The topological polar surface area (TPSA) is 126 Å². The lowest BCUT2D eigenvalue weighted by atomic mass is 9.82. The number of carbonyl (C=O) groups is 3. The van der Waals surface area contributed by atoms with E-state index in [0.29, 0.717) is 35.9 Å². The van der Waals surface area contributed by atoms with Gasteiger partial charge in [-0.25, -0.2) is 0 Å². The highest BCUT2D eigenvalue weighted by molar-refractivity contribution is 6.71. The molecule has 11 nitrogen and oxygen atoms in total. The van der Waals surface area contributed by atoms with Crippen molar-refractivity contribution in [2.24, 2.45) is 5.92 Å². The summed E-state index contributed by atoms with van der Waals surface area (Å²) in [6.45, 7) is 8.07. The SMILES string of the molecule is C[C@@H]1[C@@H]([Si](C)(C)O)[C@H](CC(=O)N2Cc3ccccc3C[C@H]2CO)O[C@@]12C(=O)N(Cc1ccc(N3CN(c4ccccc4)C4(CCNCC4)C3=O)cc1)c1ccc(Cl)cc12. The van der Waals surface area contributed by atoms with Gasteiger partial charge in [-0.3, -0.25) is 19.3 Å². The van der Waals surface area contributed by atoms with Crippen LogP contribution in [0.1, 0.15) is 48.4 Å². The Hall–Kier alpha value is -4.56. The fourth-order valence-corrected chi connectivity index (χ4v) is 13.6. The van der Waals surface area contributed by atoms with E-state index in [1.165, 1.54) is 0 Å². The zero-order valence-electron chi connectivity index (χ0n) is 33.8. The van der Waals surface area contributed by atoms with E-state index in [4.69, 9.17) is 16.3 Å². The molecule has 0 aromatic heterocycles. The molecule has 0 aliphatic carbocycles. The molecule has 0 saturated carbocycles. The summed E-state index contributed by atoms with van der Waals surface area (Å²) in [6.07, 6.45) is 1.21. The summed E-state index contributed by atoms with van der Waals surface area (Å²) in [5, 5.41) is 14.2. The fourth-order valence-electron chi connectivity index (χ4n) is 10.9. The lowest BCUT2D eigenvalue weighted by Crippen LogP contribution is -2.55. The van der Waals surface area contributed by atoms with Gasteiger partial charge in [-0.15, -0.1) is 0 Å². The zero-order chi connectivity index (χ0) is 41.3. The van der Waals surface area contributed by atoms with Gasteiger partial charge in [-0.05, 0) is 105 Å². The maximum atomic E-state index is 15.1. The molecule has 5 atom stereocenters. The van der Waals surface area contributed by atoms with E-state index in [1.54, 1.807) is 21.9 Å². The van der Waals surface area contributed by atoms with Crippen LogP contribution in [-0.2, 0) is 44.2 Å². The Morgan fingerprint density at radius 3 is 2.31 bits per heavy atom. The Balaban J connectivity index is 0.988. The molecule has 59 heavy (non-hydrogen) atoms. The van der Waals surface area contributed by atoms with E-state index in [-0.39, 0.29) is 43.3 Å². The lowest BCUT2D eigenvalue weighted by Gasteiger charge is -2.39. The molecule has 0 unspecified atom stereocenters. The number of piperidine rings is 1. The molecule has 5 aliphatic heterocycles. The molecular weight excluding hydrogens is 782 g/mol. The number of fused-ring (bicyclic) bond motifs is 3. The van der Waals surface area contributed by atoms with Crippen LogP contribution in [-0.4, -0.2) is 84.9 Å². The minimum absolute atomic E-state index is 0.0359. The first-order valence-electron chi connectivity index (χ1n) is 20.8. The third-order valence-electron chi connectivity index (χ3n) is 13.7. The van der Waals surface area contributed by atoms with Gasteiger partial charge in [0, 0.05) is 40.0 Å². The van der Waals surface area contributed by atoms with E-state index < -0.39 is 37.0 Å². The molecule has 5 heterocycles. The highest BCUT2D eigenvalue weighted by atomic mass is 35.5. The molecule has 13 heteroatoms. The quantitative estimate of drug-likeness (QED) is 0.186. The molecule has 0 radical (unpaired) electrons. The minimum Gasteiger partial charge on any atom is -0.432 e. The van der Waals surface area contributed by atoms with Gasteiger partial charge in [0.1, 0.15) is 5.54 Å². The first-order chi connectivity index (χ1) is 28.4. The van der Waals surface area contributed by atoms with Crippen LogP contribution in [0.2, 0.25) is 23.7 Å². The zero-order valence-corrected chi connectivity index (χ0v) is 35.6. The molecule has 5 aliphatic rings. The maximum absolute atomic E-state index is 15.1. The molecule has 3 fully saturated rings. The number of nitrogens with one attached hydrogen (secondary N) is 1. The number of anilines is 3. The summed E-state index contributed by atoms with van der Waals surface area (Å²) < 4.78 is 6.98. The summed E-state index contributed by atoms with van der Waals surface area (Å²) in [4.78, 5) is 63.1. The van der Waals surface area contributed by atoms with Gasteiger partial charge in [0.25, 0.3) is 11.8 Å². The summed E-state index contributed by atoms with van der Waals surface area (Å²) in [7, 11) is -3.06. The molecule has 3 amide bonds. The van der Waals surface area contributed by atoms with Crippen molar-refractivity contribution >= 4 is 54.7 Å². The number of aliphatic hydroxyl groups is 1. The molecule has 308 valence electrons. The fraction of sp³-hybridized carbons (Fsp3) is 0.413. The minimum atomic E-state index is -3.06. The molecule has 0 bridgehead atoms. The van der Waals surface area contributed by atoms with Crippen LogP contribution in [0.3, 0.4) is 0 Å². The van der Waals surface area contributed by atoms with Crippen molar-refractivity contribution in [1.29, 1.82) is 0 Å². The second-order valence-electron chi connectivity index (χ2n) is 17.5. The predicted octanol–water partition coefficient (Wildman–Crippen LogP) is 5.95. The summed E-state index contributed by atoms with van der Waals surface area (Å²) in [5.74, 6) is -0.818. The van der Waals surface area contributed by atoms with Gasteiger partial charge >= 0.3 is 0 Å². The van der Waals surface area contributed by atoms with Crippen molar-refractivity contribution < 1.29 is 29.0 Å². The van der Waals surface area contributed by atoms with Crippen LogP contribution in [0.4, 0.5) is 17.1 Å². The van der Waals surface area contributed by atoms with Crippen molar-refractivity contribution in [2.75, 3.05) is 41.1 Å². The van der Waals surface area contributed by atoms with Gasteiger partial charge in [0.05, 0.1) is 44.1 Å². The predicted molar refractivity (Wildman–Crippen MR) is 231 cm³/mol. The van der Waals surface area contributed by atoms with Crippen molar-refractivity contribution in [1.82, 2.24) is 10.2 Å². The first-order valence-corrected chi connectivity index (χ1v) is 24.2. The van der Waals surface area contributed by atoms with Crippen LogP contribution in [0.15, 0.2) is 97.1 Å².